The molecule has 1 unspecified atom stereocenters. The quantitative estimate of drug-likeness (QED) is 0.893. The minimum Gasteiger partial charge on any atom is -0.355 e. The monoisotopic (exact) mass is 344 g/mol. The van der Waals surface area contributed by atoms with Gasteiger partial charge in [0.05, 0.1) is 5.92 Å². The lowest BCUT2D eigenvalue weighted by molar-refractivity contribution is -0.129. The summed E-state index contributed by atoms with van der Waals surface area (Å²) < 4.78 is 13.3. The van der Waals surface area contributed by atoms with E-state index in [1.165, 1.54) is 12.1 Å². The van der Waals surface area contributed by atoms with Crippen LogP contribution in [0.3, 0.4) is 0 Å². The molecule has 25 heavy (non-hydrogen) atoms. The zero-order chi connectivity index (χ0) is 17.4. The summed E-state index contributed by atoms with van der Waals surface area (Å²) in [6.45, 7) is 1.14. The molecule has 2 amide bonds. The van der Waals surface area contributed by atoms with Gasteiger partial charge in [-0.25, -0.2) is 4.39 Å². The maximum atomic E-state index is 13.3. The summed E-state index contributed by atoms with van der Waals surface area (Å²) in [6, 6.07) is 7.08. The standard InChI is InChI=1S/C20H25FN2O2/c21-16-5-3-15(4-6-16)20(9-1-2-10-20)13-22-19(25)14-11-18(24)23(12-14)17-7-8-17/h3-6,14,17H,1-2,7-13H2,(H,22,25). The molecule has 2 aliphatic carbocycles. The molecular formula is C20H25FN2O2. The summed E-state index contributed by atoms with van der Waals surface area (Å²) in [5.41, 5.74) is 1.01. The van der Waals surface area contributed by atoms with E-state index in [0.29, 0.717) is 25.6 Å². The zero-order valence-corrected chi connectivity index (χ0v) is 14.5. The number of halogens is 1. The van der Waals surface area contributed by atoms with E-state index in [9.17, 15) is 14.0 Å². The highest BCUT2D eigenvalue weighted by atomic mass is 19.1. The number of hydrogen-bond acceptors (Lipinski definition) is 2. The Morgan fingerprint density at radius 1 is 1.20 bits per heavy atom. The third kappa shape index (κ3) is 3.29. The molecule has 2 saturated carbocycles. The van der Waals surface area contributed by atoms with Gasteiger partial charge in [-0.3, -0.25) is 9.59 Å². The number of rotatable bonds is 5. The molecule has 1 aliphatic heterocycles. The van der Waals surface area contributed by atoms with Crippen molar-refractivity contribution in [2.45, 2.75) is 56.4 Å². The number of carbonyl (C=O) groups excluding carboxylic acids is 2. The first-order valence-electron chi connectivity index (χ1n) is 9.41. The normalized spacial score (nSPS) is 25.4. The molecule has 3 fully saturated rings. The Labute approximate surface area is 147 Å². The van der Waals surface area contributed by atoms with Crippen molar-refractivity contribution in [1.82, 2.24) is 10.2 Å². The molecule has 1 saturated heterocycles. The van der Waals surface area contributed by atoms with Gasteiger partial charge >= 0.3 is 0 Å². The number of carbonyl (C=O) groups is 2. The highest BCUT2D eigenvalue weighted by Crippen LogP contribution is 2.41. The fraction of sp³-hybridized carbons (Fsp3) is 0.600. The Morgan fingerprint density at radius 3 is 2.52 bits per heavy atom. The van der Waals surface area contributed by atoms with Gasteiger partial charge in [0, 0.05) is 31.0 Å². The molecule has 3 aliphatic rings. The number of nitrogens with one attached hydrogen (secondary N) is 1. The van der Waals surface area contributed by atoms with Crippen molar-refractivity contribution >= 4 is 11.8 Å². The number of nitrogens with zero attached hydrogens (tertiary/aromatic N) is 1. The van der Waals surface area contributed by atoms with Crippen LogP contribution >= 0.6 is 0 Å². The van der Waals surface area contributed by atoms with Crippen LogP contribution in [0.15, 0.2) is 24.3 Å². The summed E-state index contributed by atoms with van der Waals surface area (Å²) in [7, 11) is 0. The Kier molecular flexibility index (Phi) is 4.26. The molecule has 4 rings (SSSR count). The Morgan fingerprint density at radius 2 is 1.88 bits per heavy atom. The highest BCUT2D eigenvalue weighted by Gasteiger charge is 2.42. The summed E-state index contributed by atoms with van der Waals surface area (Å²) >= 11 is 0. The molecule has 1 aromatic carbocycles. The van der Waals surface area contributed by atoms with Crippen molar-refractivity contribution in [2.24, 2.45) is 5.92 Å². The van der Waals surface area contributed by atoms with E-state index < -0.39 is 0 Å². The van der Waals surface area contributed by atoms with Crippen LogP contribution in [0.1, 0.15) is 50.5 Å². The number of likely N-dealkylation sites (tertiary alicyclic amines) is 1. The largest absolute Gasteiger partial charge is 0.355 e. The lowest BCUT2D eigenvalue weighted by Crippen LogP contribution is -2.42. The van der Waals surface area contributed by atoms with Gasteiger partial charge in [-0.1, -0.05) is 25.0 Å². The van der Waals surface area contributed by atoms with Crippen molar-refractivity contribution in [3.63, 3.8) is 0 Å². The molecule has 0 spiro atoms. The second kappa shape index (κ2) is 6.43. The average molecular weight is 344 g/mol. The highest BCUT2D eigenvalue weighted by molar-refractivity contribution is 5.89. The molecule has 1 aromatic rings. The fourth-order valence-electron chi connectivity index (χ4n) is 4.47. The van der Waals surface area contributed by atoms with Gasteiger partial charge < -0.3 is 10.2 Å². The topological polar surface area (TPSA) is 49.4 Å². The van der Waals surface area contributed by atoms with Crippen molar-refractivity contribution in [1.29, 1.82) is 0 Å². The first-order valence-corrected chi connectivity index (χ1v) is 9.41. The van der Waals surface area contributed by atoms with Crippen LogP contribution in [0.2, 0.25) is 0 Å². The third-order valence-corrected chi connectivity index (χ3v) is 6.14. The lowest BCUT2D eigenvalue weighted by atomic mass is 9.78. The molecule has 1 atom stereocenters. The molecule has 0 aromatic heterocycles. The summed E-state index contributed by atoms with van der Waals surface area (Å²) in [5, 5.41) is 3.11. The Hall–Kier alpha value is -1.91. The van der Waals surface area contributed by atoms with Crippen molar-refractivity contribution in [2.75, 3.05) is 13.1 Å². The van der Waals surface area contributed by atoms with Crippen LogP contribution in [-0.2, 0) is 15.0 Å². The number of benzene rings is 1. The van der Waals surface area contributed by atoms with Crippen molar-refractivity contribution < 1.29 is 14.0 Å². The summed E-state index contributed by atoms with van der Waals surface area (Å²) in [6.07, 6.45) is 6.77. The van der Waals surface area contributed by atoms with Gasteiger partial charge in [0.25, 0.3) is 0 Å². The van der Waals surface area contributed by atoms with Crippen LogP contribution in [0.5, 0.6) is 0 Å². The smallest absolute Gasteiger partial charge is 0.225 e. The zero-order valence-electron chi connectivity index (χ0n) is 14.5. The molecule has 4 nitrogen and oxygen atoms in total. The third-order valence-electron chi connectivity index (χ3n) is 6.14. The molecular weight excluding hydrogens is 319 g/mol. The molecule has 0 radical (unpaired) electrons. The molecule has 134 valence electrons. The van der Waals surface area contributed by atoms with E-state index in [-0.39, 0.29) is 29.0 Å². The van der Waals surface area contributed by atoms with Crippen LogP contribution in [0.4, 0.5) is 4.39 Å². The fourth-order valence-corrected chi connectivity index (χ4v) is 4.47. The van der Waals surface area contributed by atoms with Crippen molar-refractivity contribution in [3.8, 4) is 0 Å². The van der Waals surface area contributed by atoms with Gasteiger partial charge in [-0.15, -0.1) is 0 Å². The average Bonchev–Trinajstić information content (AvgIpc) is 3.20. The Balaban J connectivity index is 1.41. The van der Waals surface area contributed by atoms with Crippen LogP contribution in [0, 0.1) is 11.7 Å². The van der Waals surface area contributed by atoms with Gasteiger partial charge in [0.1, 0.15) is 5.82 Å². The van der Waals surface area contributed by atoms with Gasteiger partial charge in [-0.05, 0) is 43.4 Å². The summed E-state index contributed by atoms with van der Waals surface area (Å²) in [4.78, 5) is 26.6. The maximum absolute atomic E-state index is 13.3. The molecule has 0 bridgehead atoms. The second-order valence-electron chi connectivity index (χ2n) is 7.89. The number of hydrogen-bond donors (Lipinski definition) is 1. The van der Waals surface area contributed by atoms with Crippen LogP contribution in [0.25, 0.3) is 0 Å². The second-order valence-corrected chi connectivity index (χ2v) is 7.89. The summed E-state index contributed by atoms with van der Waals surface area (Å²) in [5.74, 6) is -0.341. The minimum atomic E-state index is -0.231. The minimum absolute atomic E-state index is 0.00936. The van der Waals surface area contributed by atoms with Gasteiger partial charge in [0.15, 0.2) is 0 Å². The van der Waals surface area contributed by atoms with E-state index in [4.69, 9.17) is 0 Å². The van der Waals surface area contributed by atoms with Crippen LogP contribution in [-0.4, -0.2) is 35.8 Å². The SMILES string of the molecule is O=C(NCC1(c2ccc(F)cc2)CCCC1)C1CC(=O)N(C2CC2)C1. The van der Waals surface area contributed by atoms with Gasteiger partial charge in [0.2, 0.25) is 11.8 Å². The lowest BCUT2D eigenvalue weighted by Gasteiger charge is -2.30. The maximum Gasteiger partial charge on any atom is 0.225 e. The van der Waals surface area contributed by atoms with Gasteiger partial charge in [-0.2, -0.15) is 0 Å². The van der Waals surface area contributed by atoms with Crippen molar-refractivity contribution in [3.05, 3.63) is 35.6 Å². The molecule has 1 heterocycles. The predicted octanol–water partition coefficient (Wildman–Crippen LogP) is 2.76. The molecule has 1 N–H and O–H groups in total. The van der Waals surface area contributed by atoms with E-state index in [1.54, 1.807) is 0 Å². The van der Waals surface area contributed by atoms with E-state index in [1.807, 2.05) is 17.0 Å². The van der Waals surface area contributed by atoms with E-state index >= 15 is 0 Å². The van der Waals surface area contributed by atoms with E-state index in [0.717, 1.165) is 44.1 Å². The van der Waals surface area contributed by atoms with E-state index in [2.05, 4.69) is 5.32 Å². The first kappa shape index (κ1) is 16.6. The predicted molar refractivity (Wildman–Crippen MR) is 92.4 cm³/mol. The van der Waals surface area contributed by atoms with Crippen LogP contribution < -0.4 is 5.32 Å². The first-order chi connectivity index (χ1) is 12.1. The Bertz CT molecular complexity index is 663. The molecule has 5 heteroatoms. The number of amides is 2.